The summed E-state index contributed by atoms with van der Waals surface area (Å²) in [4.78, 5) is 0. The number of hydrogen-bond donors (Lipinski definition) is 0. The molecule has 0 saturated carbocycles. The first kappa shape index (κ1) is 18.0. The van der Waals surface area contributed by atoms with Crippen LogP contribution in [0.15, 0.2) is 109 Å². The predicted molar refractivity (Wildman–Crippen MR) is 135 cm³/mol. The lowest BCUT2D eigenvalue weighted by molar-refractivity contribution is 0.409. The number of ether oxygens (including phenoxy) is 2. The van der Waals surface area contributed by atoms with E-state index in [4.69, 9.17) is 9.47 Å². The van der Waals surface area contributed by atoms with E-state index in [1.807, 2.05) is 12.1 Å². The Morgan fingerprint density at radius 1 is 0.500 bits per heavy atom. The van der Waals surface area contributed by atoms with E-state index < -0.39 is 0 Å². The molecule has 6 aromatic rings. The Bertz CT molecular complexity index is 1650. The molecule has 0 radical (unpaired) electrons. The average molecular weight is 437 g/mol. The van der Waals surface area contributed by atoms with Gasteiger partial charge in [0.2, 0.25) is 0 Å². The molecule has 0 bridgehead atoms. The first-order valence-electron chi connectivity index (χ1n) is 11.6. The van der Waals surface area contributed by atoms with Crippen LogP contribution >= 0.6 is 0 Å². The van der Waals surface area contributed by atoms with E-state index >= 15 is 0 Å². The number of aromatic nitrogens is 1. The number of rotatable bonds is 1. The minimum atomic E-state index is 0.0899. The van der Waals surface area contributed by atoms with Gasteiger partial charge < -0.3 is 14.0 Å². The van der Waals surface area contributed by atoms with E-state index in [1.54, 1.807) is 0 Å². The van der Waals surface area contributed by atoms with Crippen molar-refractivity contribution in [3.8, 4) is 28.7 Å². The fourth-order valence-corrected chi connectivity index (χ4v) is 5.71. The molecule has 3 heteroatoms. The van der Waals surface area contributed by atoms with Crippen molar-refractivity contribution in [3.63, 3.8) is 0 Å². The summed E-state index contributed by atoms with van der Waals surface area (Å²) in [7, 11) is 0. The van der Waals surface area contributed by atoms with Crippen LogP contribution in [-0.4, -0.2) is 4.57 Å². The zero-order valence-electron chi connectivity index (χ0n) is 18.2. The molecule has 0 N–H and O–H groups in total. The second-order valence-corrected chi connectivity index (χ2v) is 8.94. The van der Waals surface area contributed by atoms with Crippen LogP contribution < -0.4 is 9.47 Å². The van der Waals surface area contributed by atoms with E-state index in [9.17, 15) is 0 Å². The highest BCUT2D eigenvalue weighted by Gasteiger charge is 2.37. The van der Waals surface area contributed by atoms with E-state index in [0.29, 0.717) is 0 Å². The Hall–Kier alpha value is -4.50. The third-order valence-electron chi connectivity index (χ3n) is 7.12. The zero-order chi connectivity index (χ0) is 22.2. The van der Waals surface area contributed by atoms with Crippen LogP contribution in [0.4, 0.5) is 0 Å². The molecule has 0 aliphatic carbocycles. The molecule has 0 amide bonds. The highest BCUT2D eigenvalue weighted by Crippen LogP contribution is 2.57. The van der Waals surface area contributed by atoms with Crippen LogP contribution in [0.2, 0.25) is 0 Å². The summed E-state index contributed by atoms with van der Waals surface area (Å²) in [5, 5.41) is 2.47. The average Bonchev–Trinajstić information content (AvgIpc) is 3.23. The molecule has 1 aromatic heterocycles. The summed E-state index contributed by atoms with van der Waals surface area (Å²) >= 11 is 0. The Morgan fingerprint density at radius 2 is 0.971 bits per heavy atom. The Morgan fingerprint density at radius 3 is 1.53 bits per heavy atom. The Balaban J connectivity index is 1.45. The summed E-state index contributed by atoms with van der Waals surface area (Å²) < 4.78 is 15.3. The van der Waals surface area contributed by atoms with Gasteiger partial charge in [-0.25, -0.2) is 0 Å². The van der Waals surface area contributed by atoms with Crippen LogP contribution in [0.1, 0.15) is 22.6 Å². The van der Waals surface area contributed by atoms with Gasteiger partial charge in [0.15, 0.2) is 0 Å². The maximum Gasteiger partial charge on any atom is 0.137 e. The summed E-state index contributed by atoms with van der Waals surface area (Å²) in [6.45, 7) is 0. The SMILES string of the molecule is c1ccc2c(c1)Oc1cc(-n3c4ccccc4c4ccccc43)cc3c1C2c1ccccc1O3. The van der Waals surface area contributed by atoms with Crippen LogP contribution in [0.25, 0.3) is 27.5 Å². The van der Waals surface area contributed by atoms with Crippen LogP contribution in [0.5, 0.6) is 23.0 Å². The highest BCUT2D eigenvalue weighted by molar-refractivity contribution is 6.09. The molecule has 34 heavy (non-hydrogen) atoms. The topological polar surface area (TPSA) is 23.4 Å². The van der Waals surface area contributed by atoms with Crippen molar-refractivity contribution in [2.45, 2.75) is 5.92 Å². The van der Waals surface area contributed by atoms with Gasteiger partial charge in [-0.1, -0.05) is 72.8 Å². The summed E-state index contributed by atoms with van der Waals surface area (Å²) in [5.41, 5.74) is 6.82. The van der Waals surface area contributed by atoms with Crippen molar-refractivity contribution in [1.29, 1.82) is 0 Å². The fraction of sp³-hybridized carbons (Fsp3) is 0.0323. The van der Waals surface area contributed by atoms with Crippen molar-refractivity contribution < 1.29 is 9.47 Å². The molecule has 0 atom stereocenters. The summed E-state index contributed by atoms with van der Waals surface area (Å²) in [6, 6.07) is 38.1. The normalized spacial score (nSPS) is 13.6. The third kappa shape index (κ3) is 2.31. The van der Waals surface area contributed by atoms with Crippen LogP contribution in [-0.2, 0) is 0 Å². The third-order valence-corrected chi connectivity index (χ3v) is 7.12. The number of nitrogens with zero attached hydrogens (tertiary/aromatic N) is 1. The maximum absolute atomic E-state index is 6.51. The van der Waals surface area contributed by atoms with Gasteiger partial charge in [-0.15, -0.1) is 0 Å². The molecule has 0 saturated heterocycles. The number of fused-ring (bicyclic) bond motifs is 7. The van der Waals surface area contributed by atoms with Gasteiger partial charge >= 0.3 is 0 Å². The number of hydrogen-bond acceptors (Lipinski definition) is 2. The molecule has 5 aromatic carbocycles. The molecule has 2 aliphatic rings. The molecule has 0 fully saturated rings. The zero-order valence-corrected chi connectivity index (χ0v) is 18.2. The van der Waals surface area contributed by atoms with E-state index in [2.05, 4.69) is 102 Å². The molecule has 3 nitrogen and oxygen atoms in total. The molecule has 0 unspecified atom stereocenters. The number of para-hydroxylation sites is 4. The van der Waals surface area contributed by atoms with Crippen LogP contribution in [0, 0.1) is 0 Å². The van der Waals surface area contributed by atoms with Crippen molar-refractivity contribution >= 4 is 21.8 Å². The molecule has 3 heterocycles. The van der Waals surface area contributed by atoms with Crippen molar-refractivity contribution in [1.82, 2.24) is 4.57 Å². The first-order valence-corrected chi connectivity index (χ1v) is 11.6. The highest BCUT2D eigenvalue weighted by atomic mass is 16.5. The largest absolute Gasteiger partial charge is 0.457 e. The predicted octanol–water partition coefficient (Wildman–Crippen LogP) is 8.18. The fourth-order valence-electron chi connectivity index (χ4n) is 5.71. The minimum Gasteiger partial charge on any atom is -0.457 e. The van der Waals surface area contributed by atoms with Gasteiger partial charge in [0.25, 0.3) is 0 Å². The smallest absolute Gasteiger partial charge is 0.137 e. The van der Waals surface area contributed by atoms with Crippen molar-refractivity contribution in [3.05, 3.63) is 126 Å². The van der Waals surface area contributed by atoms with E-state index in [1.165, 1.54) is 32.9 Å². The Kier molecular flexibility index (Phi) is 3.45. The Labute approximate surface area is 196 Å². The molecule has 8 rings (SSSR count). The molecule has 0 spiro atoms. The summed E-state index contributed by atoms with van der Waals surface area (Å²) in [5.74, 6) is 3.61. The molecule has 2 aliphatic heterocycles. The monoisotopic (exact) mass is 437 g/mol. The molecule has 160 valence electrons. The first-order chi connectivity index (χ1) is 16.9. The van der Waals surface area contributed by atoms with Crippen LogP contribution in [0.3, 0.4) is 0 Å². The van der Waals surface area contributed by atoms with Gasteiger partial charge in [-0.2, -0.15) is 0 Å². The minimum absolute atomic E-state index is 0.0899. The van der Waals surface area contributed by atoms with E-state index in [0.717, 1.165) is 34.2 Å². The van der Waals surface area contributed by atoms with Gasteiger partial charge in [0.1, 0.15) is 23.0 Å². The standard InChI is InChI=1S/C31H19NO2/c1-5-13-24-20(9-1)21-10-2-6-14-25(21)32(24)19-17-28-31-29(18-19)34-27-16-8-4-12-23(27)30(31)22-11-3-7-15-26(22)33-28/h1-18,30H. The van der Waals surface area contributed by atoms with Crippen molar-refractivity contribution in [2.75, 3.05) is 0 Å². The van der Waals surface area contributed by atoms with Gasteiger partial charge in [-0.3, -0.25) is 0 Å². The lowest BCUT2D eigenvalue weighted by Crippen LogP contribution is -2.17. The van der Waals surface area contributed by atoms with Gasteiger partial charge in [0, 0.05) is 45.5 Å². The van der Waals surface area contributed by atoms with Crippen molar-refractivity contribution in [2.24, 2.45) is 0 Å². The molecular formula is C31H19NO2. The second kappa shape index (κ2) is 6.52. The maximum atomic E-state index is 6.51. The van der Waals surface area contributed by atoms with E-state index in [-0.39, 0.29) is 5.92 Å². The summed E-state index contributed by atoms with van der Waals surface area (Å²) in [6.07, 6.45) is 0. The quantitative estimate of drug-likeness (QED) is 0.258. The van der Waals surface area contributed by atoms with Gasteiger partial charge in [-0.05, 0) is 24.3 Å². The van der Waals surface area contributed by atoms with Gasteiger partial charge in [0.05, 0.1) is 16.7 Å². The lowest BCUT2D eigenvalue weighted by Gasteiger charge is -2.35. The second-order valence-electron chi connectivity index (χ2n) is 8.94. The number of benzene rings is 5. The lowest BCUT2D eigenvalue weighted by atomic mass is 9.80. The molecular weight excluding hydrogens is 418 g/mol.